The Morgan fingerprint density at radius 2 is 2.25 bits per heavy atom. The highest BCUT2D eigenvalue weighted by Gasteiger charge is 2.03. The Balaban J connectivity index is 2.50. The zero-order chi connectivity index (χ0) is 8.55. The molecule has 2 heterocycles. The van der Waals surface area contributed by atoms with E-state index < -0.39 is 0 Å². The number of hydrogen-bond donors (Lipinski definition) is 2. The van der Waals surface area contributed by atoms with Crippen molar-refractivity contribution in [2.45, 2.75) is 0 Å². The molecule has 0 unspecified atom stereocenters. The van der Waals surface area contributed by atoms with Gasteiger partial charge in [-0.05, 0) is 40.3 Å². The molecule has 0 atom stereocenters. The molecule has 0 spiro atoms. The van der Waals surface area contributed by atoms with E-state index in [-0.39, 0.29) is 0 Å². The van der Waals surface area contributed by atoms with Gasteiger partial charge >= 0.3 is 0 Å². The van der Waals surface area contributed by atoms with Gasteiger partial charge in [0.25, 0.3) is 0 Å². The fourth-order valence-electron chi connectivity index (χ4n) is 0.924. The summed E-state index contributed by atoms with van der Waals surface area (Å²) >= 11 is 8.09. The summed E-state index contributed by atoms with van der Waals surface area (Å²) in [7, 11) is 0. The molecule has 0 amide bonds. The largest absolute Gasteiger partial charge is 0.448 e. The topological polar surface area (TPSA) is 44.7 Å². The Kier molecular flexibility index (Phi) is 1.90. The molecule has 62 valence electrons. The lowest BCUT2D eigenvalue weighted by Gasteiger charge is -1.86. The molecule has 2 aromatic rings. The molecule has 0 saturated heterocycles. The van der Waals surface area contributed by atoms with Crippen molar-refractivity contribution in [1.29, 1.82) is 0 Å². The van der Waals surface area contributed by atoms with Crippen LogP contribution < -0.4 is 0 Å². The van der Waals surface area contributed by atoms with E-state index in [1.54, 1.807) is 6.20 Å². The highest BCUT2D eigenvalue weighted by molar-refractivity contribution is 9.10. The first kappa shape index (κ1) is 7.82. The molecule has 0 saturated carbocycles. The van der Waals surface area contributed by atoms with Gasteiger partial charge in [-0.25, -0.2) is 0 Å². The van der Waals surface area contributed by atoms with Crippen molar-refractivity contribution in [3.63, 3.8) is 0 Å². The summed E-state index contributed by atoms with van der Waals surface area (Å²) in [5, 5.41) is 0. The molecular weight excluding hydrogens is 240 g/mol. The smallest absolute Gasteiger partial charge is 0.175 e. The van der Waals surface area contributed by atoms with Gasteiger partial charge in [0.1, 0.15) is 0 Å². The monoisotopic (exact) mass is 244 g/mol. The Bertz CT molecular complexity index is 442. The van der Waals surface area contributed by atoms with Crippen LogP contribution in [0.25, 0.3) is 11.5 Å². The first-order valence-electron chi connectivity index (χ1n) is 3.29. The van der Waals surface area contributed by atoms with Gasteiger partial charge in [-0.3, -0.25) is 0 Å². The summed E-state index contributed by atoms with van der Waals surface area (Å²) in [6.07, 6.45) is 1.77. The third-order valence-corrected chi connectivity index (χ3v) is 2.08. The fourth-order valence-corrected chi connectivity index (χ4v) is 1.40. The average Bonchev–Trinajstić information content (AvgIpc) is 2.58. The molecule has 0 radical (unpaired) electrons. The van der Waals surface area contributed by atoms with Gasteiger partial charge < -0.3 is 14.4 Å². The number of furan rings is 1. The predicted molar refractivity (Wildman–Crippen MR) is 51.4 cm³/mol. The molecule has 2 N–H and O–H groups in total. The van der Waals surface area contributed by atoms with Crippen LogP contribution in [0, 0.1) is 4.77 Å². The van der Waals surface area contributed by atoms with Crippen LogP contribution in [-0.4, -0.2) is 9.97 Å². The van der Waals surface area contributed by atoms with E-state index in [0.29, 0.717) is 9.44 Å². The number of H-pyrrole nitrogens is 2. The van der Waals surface area contributed by atoms with Crippen LogP contribution in [0.2, 0.25) is 0 Å². The van der Waals surface area contributed by atoms with E-state index in [9.17, 15) is 0 Å². The molecule has 0 aromatic carbocycles. The Morgan fingerprint density at radius 3 is 2.75 bits per heavy atom. The number of aromatic nitrogens is 2. The van der Waals surface area contributed by atoms with Crippen LogP contribution in [0.1, 0.15) is 0 Å². The zero-order valence-electron chi connectivity index (χ0n) is 5.93. The average molecular weight is 245 g/mol. The van der Waals surface area contributed by atoms with Crippen LogP contribution in [0.4, 0.5) is 0 Å². The van der Waals surface area contributed by atoms with Crippen molar-refractivity contribution >= 4 is 28.1 Å². The second-order valence-corrected chi connectivity index (χ2v) is 3.45. The van der Waals surface area contributed by atoms with E-state index in [4.69, 9.17) is 16.6 Å². The highest BCUT2D eigenvalue weighted by Crippen LogP contribution is 2.22. The molecule has 5 heteroatoms. The molecule has 2 rings (SSSR count). The van der Waals surface area contributed by atoms with Gasteiger partial charge in [0.15, 0.2) is 15.2 Å². The van der Waals surface area contributed by atoms with E-state index in [2.05, 4.69) is 25.9 Å². The highest BCUT2D eigenvalue weighted by atomic mass is 79.9. The summed E-state index contributed by atoms with van der Waals surface area (Å²) in [5.74, 6) is 0.759. The number of nitrogens with one attached hydrogen (secondary N) is 2. The summed E-state index contributed by atoms with van der Waals surface area (Å²) < 4.78 is 6.60. The molecule has 3 nitrogen and oxygen atoms in total. The standard InChI is InChI=1S/C7H5BrN2OS/c8-6-2-1-5(11-6)4-3-9-7(12)10-4/h1-3H,(H2,9,10,12). The summed E-state index contributed by atoms with van der Waals surface area (Å²) in [5.41, 5.74) is 0.853. The first-order chi connectivity index (χ1) is 5.75. The molecule has 2 aromatic heterocycles. The van der Waals surface area contributed by atoms with Gasteiger partial charge in [-0.1, -0.05) is 0 Å². The number of halogens is 1. The van der Waals surface area contributed by atoms with E-state index in [1.165, 1.54) is 0 Å². The lowest BCUT2D eigenvalue weighted by atomic mass is 10.4. The van der Waals surface area contributed by atoms with Gasteiger partial charge in [-0.2, -0.15) is 0 Å². The molecule has 0 bridgehead atoms. The number of rotatable bonds is 1. The normalized spacial score (nSPS) is 10.4. The number of hydrogen-bond acceptors (Lipinski definition) is 2. The van der Waals surface area contributed by atoms with Crippen molar-refractivity contribution in [2.24, 2.45) is 0 Å². The maximum atomic E-state index is 5.30. The minimum Gasteiger partial charge on any atom is -0.448 e. The summed E-state index contributed by atoms with van der Waals surface area (Å²) in [6, 6.07) is 3.69. The van der Waals surface area contributed by atoms with Crippen LogP contribution >= 0.6 is 28.1 Å². The molecule has 0 aliphatic rings. The van der Waals surface area contributed by atoms with Gasteiger partial charge in [0, 0.05) is 6.20 Å². The van der Waals surface area contributed by atoms with Gasteiger partial charge in [-0.15, -0.1) is 0 Å². The van der Waals surface area contributed by atoms with Crippen LogP contribution in [-0.2, 0) is 0 Å². The zero-order valence-corrected chi connectivity index (χ0v) is 8.33. The third-order valence-electron chi connectivity index (χ3n) is 1.43. The SMILES string of the molecule is S=c1[nH]cc(-c2ccc(Br)o2)[nH]1. The van der Waals surface area contributed by atoms with Crippen molar-refractivity contribution in [3.05, 3.63) is 27.8 Å². The second kappa shape index (κ2) is 2.91. The van der Waals surface area contributed by atoms with Gasteiger partial charge in [0.05, 0.1) is 5.69 Å². The van der Waals surface area contributed by atoms with Crippen molar-refractivity contribution in [2.75, 3.05) is 0 Å². The molecule has 0 fully saturated rings. The lowest BCUT2D eigenvalue weighted by molar-refractivity contribution is 0.554. The minimum atomic E-state index is 0.595. The van der Waals surface area contributed by atoms with E-state index in [1.807, 2.05) is 12.1 Å². The molecular formula is C7H5BrN2OS. The van der Waals surface area contributed by atoms with E-state index >= 15 is 0 Å². The molecule has 0 aliphatic heterocycles. The van der Waals surface area contributed by atoms with Crippen molar-refractivity contribution in [1.82, 2.24) is 9.97 Å². The lowest BCUT2D eigenvalue weighted by Crippen LogP contribution is -1.69. The minimum absolute atomic E-state index is 0.595. The summed E-state index contributed by atoms with van der Waals surface area (Å²) in [4.78, 5) is 5.81. The van der Waals surface area contributed by atoms with E-state index in [0.717, 1.165) is 11.5 Å². The second-order valence-electron chi connectivity index (χ2n) is 2.26. The van der Waals surface area contributed by atoms with Crippen molar-refractivity contribution < 1.29 is 4.42 Å². The predicted octanol–water partition coefficient (Wildman–Crippen LogP) is 3.09. The van der Waals surface area contributed by atoms with Crippen molar-refractivity contribution in [3.8, 4) is 11.5 Å². The van der Waals surface area contributed by atoms with Crippen LogP contribution in [0.5, 0.6) is 0 Å². The summed E-state index contributed by atoms with van der Waals surface area (Å²) in [6.45, 7) is 0. The fraction of sp³-hybridized carbons (Fsp3) is 0. The maximum Gasteiger partial charge on any atom is 0.175 e. The van der Waals surface area contributed by atoms with Crippen LogP contribution in [0.3, 0.4) is 0 Å². The number of imidazole rings is 1. The first-order valence-corrected chi connectivity index (χ1v) is 4.49. The third kappa shape index (κ3) is 1.37. The van der Waals surface area contributed by atoms with Gasteiger partial charge in [0.2, 0.25) is 0 Å². The Morgan fingerprint density at radius 1 is 1.42 bits per heavy atom. The number of aromatic amines is 2. The molecule has 12 heavy (non-hydrogen) atoms. The Labute approximate surface area is 81.9 Å². The maximum absolute atomic E-state index is 5.30. The molecule has 0 aliphatic carbocycles. The van der Waals surface area contributed by atoms with Crippen LogP contribution in [0.15, 0.2) is 27.4 Å². The quantitative estimate of drug-likeness (QED) is 0.758. The Hall–Kier alpha value is -0.810.